The molecule has 1 saturated heterocycles. The summed E-state index contributed by atoms with van der Waals surface area (Å²) in [4.78, 5) is 2.41. The van der Waals surface area contributed by atoms with Crippen molar-refractivity contribution in [3.63, 3.8) is 0 Å². The number of ether oxygens (including phenoxy) is 2. The fraction of sp³-hybridized carbons (Fsp3) is 0.333. The highest BCUT2D eigenvalue weighted by atomic mass is 16.5. The van der Waals surface area contributed by atoms with Gasteiger partial charge < -0.3 is 14.4 Å². The maximum absolute atomic E-state index is 5.47. The smallest absolute Gasteiger partial charge is 0.118 e. The fourth-order valence-electron chi connectivity index (χ4n) is 2.85. The van der Waals surface area contributed by atoms with Crippen LogP contribution < -0.4 is 9.64 Å². The molecular weight excluding hydrogens is 262 g/mol. The lowest BCUT2D eigenvalue weighted by molar-refractivity contribution is 0.123. The van der Waals surface area contributed by atoms with E-state index in [1.807, 2.05) is 12.1 Å². The van der Waals surface area contributed by atoms with Gasteiger partial charge in [-0.05, 0) is 36.2 Å². The van der Waals surface area contributed by atoms with Crippen LogP contribution in [0.4, 0.5) is 5.69 Å². The highest BCUT2D eigenvalue weighted by molar-refractivity contribution is 5.81. The molecule has 0 aliphatic carbocycles. The molecule has 110 valence electrons. The minimum atomic E-state index is 0.802. The van der Waals surface area contributed by atoms with Crippen molar-refractivity contribution in [2.75, 3.05) is 38.3 Å². The summed E-state index contributed by atoms with van der Waals surface area (Å²) < 4.78 is 10.7. The van der Waals surface area contributed by atoms with Gasteiger partial charge in [0.05, 0.1) is 20.3 Å². The Bertz CT molecular complexity index is 601. The molecule has 0 atom stereocenters. The lowest BCUT2D eigenvalue weighted by atomic mass is 9.97. The minimum absolute atomic E-state index is 0.802. The molecule has 0 spiro atoms. The first kappa shape index (κ1) is 14.0. The van der Waals surface area contributed by atoms with Gasteiger partial charge in [-0.25, -0.2) is 0 Å². The summed E-state index contributed by atoms with van der Waals surface area (Å²) >= 11 is 0. The number of hydrogen-bond acceptors (Lipinski definition) is 3. The highest BCUT2D eigenvalue weighted by Gasteiger charge is 2.16. The number of morpholine rings is 1. The number of hydrogen-bond donors (Lipinski definition) is 0. The number of benzene rings is 2. The van der Waals surface area contributed by atoms with Gasteiger partial charge in [0, 0.05) is 24.3 Å². The van der Waals surface area contributed by atoms with Crippen molar-refractivity contribution < 1.29 is 9.47 Å². The molecule has 2 aromatic rings. The van der Waals surface area contributed by atoms with E-state index in [9.17, 15) is 0 Å². The van der Waals surface area contributed by atoms with Gasteiger partial charge in [-0.2, -0.15) is 0 Å². The first-order valence-electron chi connectivity index (χ1n) is 7.36. The molecule has 3 nitrogen and oxygen atoms in total. The third-order valence-corrected chi connectivity index (χ3v) is 3.98. The van der Waals surface area contributed by atoms with Gasteiger partial charge in [0.15, 0.2) is 0 Å². The van der Waals surface area contributed by atoms with E-state index in [2.05, 4.69) is 42.2 Å². The maximum atomic E-state index is 5.47. The summed E-state index contributed by atoms with van der Waals surface area (Å²) in [5.74, 6) is 0.889. The van der Waals surface area contributed by atoms with Gasteiger partial charge in [-0.1, -0.05) is 24.3 Å². The van der Waals surface area contributed by atoms with E-state index in [0.29, 0.717) is 0 Å². The molecule has 0 saturated carbocycles. The van der Waals surface area contributed by atoms with Crippen molar-refractivity contribution in [1.82, 2.24) is 0 Å². The second-order valence-electron chi connectivity index (χ2n) is 5.30. The molecule has 1 aliphatic heterocycles. The van der Waals surface area contributed by atoms with Crippen LogP contribution in [0.25, 0.3) is 11.1 Å². The SMILES string of the molecule is COc1ccc(-c2c(C)cccc2N2CCOCC2)cc1. The van der Waals surface area contributed by atoms with Gasteiger partial charge in [0.1, 0.15) is 5.75 Å². The maximum Gasteiger partial charge on any atom is 0.118 e. The van der Waals surface area contributed by atoms with Crippen LogP contribution in [-0.2, 0) is 4.74 Å². The van der Waals surface area contributed by atoms with Crippen molar-refractivity contribution in [2.45, 2.75) is 6.92 Å². The van der Waals surface area contributed by atoms with Crippen molar-refractivity contribution in [1.29, 1.82) is 0 Å². The summed E-state index contributed by atoms with van der Waals surface area (Å²) in [6.07, 6.45) is 0. The van der Waals surface area contributed by atoms with E-state index in [1.165, 1.54) is 22.4 Å². The molecule has 2 aromatic carbocycles. The Morgan fingerprint density at radius 1 is 1.00 bits per heavy atom. The predicted octanol–water partition coefficient (Wildman–Crippen LogP) is 3.51. The Morgan fingerprint density at radius 2 is 1.71 bits per heavy atom. The van der Waals surface area contributed by atoms with E-state index in [4.69, 9.17) is 9.47 Å². The first-order chi connectivity index (χ1) is 10.3. The van der Waals surface area contributed by atoms with Crippen molar-refractivity contribution in [3.8, 4) is 16.9 Å². The average molecular weight is 283 g/mol. The number of anilines is 1. The Balaban J connectivity index is 2.03. The molecular formula is C18H21NO2. The quantitative estimate of drug-likeness (QED) is 0.860. The topological polar surface area (TPSA) is 21.7 Å². The van der Waals surface area contributed by atoms with Gasteiger partial charge in [0.25, 0.3) is 0 Å². The zero-order chi connectivity index (χ0) is 14.7. The lowest BCUT2D eigenvalue weighted by Crippen LogP contribution is -2.36. The summed E-state index contributed by atoms with van der Waals surface area (Å²) in [6.45, 7) is 5.68. The average Bonchev–Trinajstić information content (AvgIpc) is 2.55. The first-order valence-corrected chi connectivity index (χ1v) is 7.36. The number of nitrogens with zero attached hydrogens (tertiary/aromatic N) is 1. The largest absolute Gasteiger partial charge is 0.497 e. The van der Waals surface area contributed by atoms with E-state index in [1.54, 1.807) is 7.11 Å². The van der Waals surface area contributed by atoms with Crippen LogP contribution >= 0.6 is 0 Å². The molecule has 0 unspecified atom stereocenters. The monoisotopic (exact) mass is 283 g/mol. The molecule has 0 N–H and O–H groups in total. The minimum Gasteiger partial charge on any atom is -0.497 e. The zero-order valence-electron chi connectivity index (χ0n) is 12.6. The molecule has 1 heterocycles. The van der Waals surface area contributed by atoms with E-state index in [-0.39, 0.29) is 0 Å². The van der Waals surface area contributed by atoms with Gasteiger partial charge in [-0.15, -0.1) is 0 Å². The highest BCUT2D eigenvalue weighted by Crippen LogP contribution is 2.35. The molecule has 0 bridgehead atoms. The van der Waals surface area contributed by atoms with Crippen LogP contribution in [0.2, 0.25) is 0 Å². The molecule has 1 fully saturated rings. The van der Waals surface area contributed by atoms with Crippen molar-refractivity contribution >= 4 is 5.69 Å². The summed E-state index contributed by atoms with van der Waals surface area (Å²) in [5.41, 5.74) is 5.13. The molecule has 0 amide bonds. The van der Waals surface area contributed by atoms with Crippen LogP contribution in [0.1, 0.15) is 5.56 Å². The second kappa shape index (κ2) is 6.19. The second-order valence-corrected chi connectivity index (χ2v) is 5.30. The normalized spacial score (nSPS) is 15.0. The molecule has 21 heavy (non-hydrogen) atoms. The van der Waals surface area contributed by atoms with Crippen LogP contribution in [0.3, 0.4) is 0 Å². The molecule has 1 aliphatic rings. The third-order valence-electron chi connectivity index (χ3n) is 3.98. The Hall–Kier alpha value is -2.00. The van der Waals surface area contributed by atoms with Crippen LogP contribution in [-0.4, -0.2) is 33.4 Å². The lowest BCUT2D eigenvalue weighted by Gasteiger charge is -2.31. The Morgan fingerprint density at radius 3 is 2.38 bits per heavy atom. The summed E-state index contributed by atoms with van der Waals surface area (Å²) in [5, 5.41) is 0. The fourth-order valence-corrected chi connectivity index (χ4v) is 2.85. The van der Waals surface area contributed by atoms with E-state index < -0.39 is 0 Å². The van der Waals surface area contributed by atoms with E-state index in [0.717, 1.165) is 32.1 Å². The summed E-state index contributed by atoms with van der Waals surface area (Å²) in [6, 6.07) is 14.8. The standard InChI is InChI=1S/C18H21NO2/c1-14-4-3-5-17(19-10-12-21-13-11-19)18(14)15-6-8-16(20-2)9-7-15/h3-9H,10-13H2,1-2H3. The predicted molar refractivity (Wildman–Crippen MR) is 86.2 cm³/mol. The van der Waals surface area contributed by atoms with Gasteiger partial charge in [-0.3, -0.25) is 0 Å². The number of methoxy groups -OCH3 is 1. The third kappa shape index (κ3) is 2.88. The molecule has 3 rings (SSSR count). The molecule has 0 aromatic heterocycles. The van der Waals surface area contributed by atoms with Crippen LogP contribution in [0.5, 0.6) is 5.75 Å². The Labute approximate surface area is 126 Å². The Kier molecular flexibility index (Phi) is 4.11. The van der Waals surface area contributed by atoms with Crippen LogP contribution in [0.15, 0.2) is 42.5 Å². The number of rotatable bonds is 3. The van der Waals surface area contributed by atoms with E-state index >= 15 is 0 Å². The molecule has 3 heteroatoms. The number of aryl methyl sites for hydroxylation is 1. The van der Waals surface area contributed by atoms with Gasteiger partial charge >= 0.3 is 0 Å². The van der Waals surface area contributed by atoms with Crippen molar-refractivity contribution in [3.05, 3.63) is 48.0 Å². The van der Waals surface area contributed by atoms with Gasteiger partial charge in [0.2, 0.25) is 0 Å². The van der Waals surface area contributed by atoms with Crippen molar-refractivity contribution in [2.24, 2.45) is 0 Å². The molecule has 0 radical (unpaired) electrons. The zero-order valence-corrected chi connectivity index (χ0v) is 12.6. The summed E-state index contributed by atoms with van der Waals surface area (Å²) in [7, 11) is 1.70. The van der Waals surface area contributed by atoms with Crippen LogP contribution in [0, 0.1) is 6.92 Å².